The Labute approximate surface area is 111 Å². The van der Waals surface area contributed by atoms with E-state index >= 15 is 0 Å². The second kappa shape index (κ2) is 5.73. The van der Waals surface area contributed by atoms with Crippen molar-refractivity contribution in [3.8, 4) is 0 Å². The third kappa shape index (κ3) is 3.35. The summed E-state index contributed by atoms with van der Waals surface area (Å²) in [6, 6.07) is 16.4. The van der Waals surface area contributed by atoms with Crippen LogP contribution in [-0.4, -0.2) is 5.84 Å². The van der Waals surface area contributed by atoms with Crippen molar-refractivity contribution in [1.29, 1.82) is 5.41 Å². The summed E-state index contributed by atoms with van der Waals surface area (Å²) in [5, 5.41) is 15.6. The summed E-state index contributed by atoms with van der Waals surface area (Å²) in [5.74, 6) is 0.109. The molecule has 0 aromatic heterocycles. The molecule has 0 heterocycles. The van der Waals surface area contributed by atoms with E-state index in [0.29, 0.717) is 11.4 Å². The molecule has 0 aliphatic rings. The lowest BCUT2D eigenvalue weighted by Crippen LogP contribution is -1.93. The SMILES string of the molecule is C=C(N=NC(=N)c1ccccc1)c1ccc(N)cc1. The predicted octanol–water partition coefficient (Wildman–Crippen LogP) is 3.72. The number of hydrogen-bond donors (Lipinski definition) is 2. The molecule has 19 heavy (non-hydrogen) atoms. The van der Waals surface area contributed by atoms with Gasteiger partial charge in [-0.25, -0.2) is 0 Å². The van der Waals surface area contributed by atoms with Crippen LogP contribution in [0.15, 0.2) is 71.4 Å². The normalized spacial score (nSPS) is 10.5. The first-order chi connectivity index (χ1) is 9.16. The molecule has 3 N–H and O–H groups in total. The van der Waals surface area contributed by atoms with Gasteiger partial charge in [0.2, 0.25) is 0 Å². The second-order valence-corrected chi connectivity index (χ2v) is 3.98. The topological polar surface area (TPSA) is 74.6 Å². The van der Waals surface area contributed by atoms with Crippen molar-refractivity contribution < 1.29 is 0 Å². The maximum atomic E-state index is 7.80. The third-order valence-electron chi connectivity index (χ3n) is 2.56. The van der Waals surface area contributed by atoms with Crippen molar-refractivity contribution in [3.05, 3.63) is 72.3 Å². The molecule has 0 amide bonds. The summed E-state index contributed by atoms with van der Waals surface area (Å²) < 4.78 is 0. The second-order valence-electron chi connectivity index (χ2n) is 3.98. The first kappa shape index (κ1) is 12.7. The van der Waals surface area contributed by atoms with Crippen LogP contribution in [0.1, 0.15) is 11.1 Å². The number of amidine groups is 1. The number of hydrogen-bond acceptors (Lipinski definition) is 3. The average Bonchev–Trinajstić information content (AvgIpc) is 2.46. The molecule has 4 nitrogen and oxygen atoms in total. The highest BCUT2D eigenvalue weighted by molar-refractivity contribution is 5.96. The van der Waals surface area contributed by atoms with E-state index < -0.39 is 0 Å². The summed E-state index contributed by atoms with van der Waals surface area (Å²) in [5.41, 5.74) is 8.34. The lowest BCUT2D eigenvalue weighted by molar-refractivity contribution is 1.25. The number of azo groups is 1. The van der Waals surface area contributed by atoms with Crippen molar-refractivity contribution in [2.75, 3.05) is 5.73 Å². The number of anilines is 1. The number of benzene rings is 2. The van der Waals surface area contributed by atoms with Crippen LogP contribution in [0, 0.1) is 5.41 Å². The van der Waals surface area contributed by atoms with Crippen molar-refractivity contribution in [1.82, 2.24) is 0 Å². The van der Waals surface area contributed by atoms with Crippen LogP contribution in [0.25, 0.3) is 5.70 Å². The molecule has 94 valence electrons. The molecule has 4 heteroatoms. The largest absolute Gasteiger partial charge is 0.399 e. The number of nitrogens with two attached hydrogens (primary N) is 1. The van der Waals surface area contributed by atoms with Gasteiger partial charge in [-0.15, -0.1) is 10.2 Å². The van der Waals surface area contributed by atoms with Crippen molar-refractivity contribution in [2.45, 2.75) is 0 Å². The zero-order valence-electron chi connectivity index (χ0n) is 10.4. The fraction of sp³-hybridized carbons (Fsp3) is 0. The Bertz CT molecular complexity index is 612. The summed E-state index contributed by atoms with van der Waals surface area (Å²) in [7, 11) is 0. The number of rotatable bonds is 3. The maximum absolute atomic E-state index is 7.80. The molecular weight excluding hydrogens is 236 g/mol. The molecule has 0 saturated heterocycles. The van der Waals surface area contributed by atoms with Gasteiger partial charge in [-0.3, -0.25) is 5.41 Å². The predicted molar refractivity (Wildman–Crippen MR) is 78.0 cm³/mol. The maximum Gasteiger partial charge on any atom is 0.174 e. The van der Waals surface area contributed by atoms with Gasteiger partial charge >= 0.3 is 0 Å². The van der Waals surface area contributed by atoms with E-state index in [1.54, 1.807) is 12.1 Å². The molecule has 2 aromatic rings. The zero-order chi connectivity index (χ0) is 13.7. The number of nitrogens with zero attached hydrogens (tertiary/aromatic N) is 2. The highest BCUT2D eigenvalue weighted by Gasteiger charge is 2.00. The van der Waals surface area contributed by atoms with Crippen LogP contribution in [-0.2, 0) is 0 Å². The quantitative estimate of drug-likeness (QED) is 0.370. The highest BCUT2D eigenvalue weighted by Crippen LogP contribution is 2.16. The van der Waals surface area contributed by atoms with Crippen molar-refractivity contribution in [3.63, 3.8) is 0 Å². The van der Waals surface area contributed by atoms with E-state index in [2.05, 4.69) is 16.8 Å². The van der Waals surface area contributed by atoms with Gasteiger partial charge in [0.1, 0.15) is 0 Å². The molecule has 2 rings (SSSR count). The van der Waals surface area contributed by atoms with Gasteiger partial charge < -0.3 is 5.73 Å². The molecule has 0 spiro atoms. The molecule has 0 fully saturated rings. The van der Waals surface area contributed by atoms with Crippen LogP contribution < -0.4 is 5.73 Å². The molecule has 0 aliphatic carbocycles. The molecule has 2 aromatic carbocycles. The molecule has 0 aliphatic heterocycles. The van der Waals surface area contributed by atoms with Gasteiger partial charge in [-0.1, -0.05) is 49.0 Å². The molecule has 0 bridgehead atoms. The Balaban J connectivity index is 2.09. The lowest BCUT2D eigenvalue weighted by atomic mass is 10.2. The van der Waals surface area contributed by atoms with Gasteiger partial charge in [0.25, 0.3) is 0 Å². The minimum Gasteiger partial charge on any atom is -0.399 e. The fourth-order valence-corrected chi connectivity index (χ4v) is 1.50. The van der Waals surface area contributed by atoms with Crippen LogP contribution in [0.3, 0.4) is 0 Å². The van der Waals surface area contributed by atoms with Crippen molar-refractivity contribution in [2.24, 2.45) is 10.2 Å². The Kier molecular flexibility index (Phi) is 3.83. The van der Waals surface area contributed by atoms with E-state index in [1.807, 2.05) is 42.5 Å². The van der Waals surface area contributed by atoms with Crippen LogP contribution in [0.2, 0.25) is 0 Å². The number of nitrogen functional groups attached to an aromatic ring is 1. The van der Waals surface area contributed by atoms with E-state index in [4.69, 9.17) is 11.1 Å². The summed E-state index contributed by atoms with van der Waals surface area (Å²) in [6.07, 6.45) is 0. The van der Waals surface area contributed by atoms with E-state index in [9.17, 15) is 0 Å². The van der Waals surface area contributed by atoms with Gasteiger partial charge in [0, 0.05) is 16.8 Å². The monoisotopic (exact) mass is 250 g/mol. The summed E-state index contributed by atoms with van der Waals surface area (Å²) >= 11 is 0. The smallest absolute Gasteiger partial charge is 0.174 e. The van der Waals surface area contributed by atoms with Crippen LogP contribution >= 0.6 is 0 Å². The zero-order valence-corrected chi connectivity index (χ0v) is 10.4. The fourth-order valence-electron chi connectivity index (χ4n) is 1.50. The van der Waals surface area contributed by atoms with E-state index in [-0.39, 0.29) is 5.84 Å². The Morgan fingerprint density at radius 2 is 1.53 bits per heavy atom. The molecule has 0 unspecified atom stereocenters. The Hall–Kier alpha value is -2.75. The standard InChI is InChI=1S/C15H14N4/c1-11(12-7-9-14(16)10-8-12)18-19-15(17)13-5-3-2-4-6-13/h2-10,17H,1,16H2. The summed E-state index contributed by atoms with van der Waals surface area (Å²) in [4.78, 5) is 0. The third-order valence-corrected chi connectivity index (χ3v) is 2.56. The first-order valence-corrected chi connectivity index (χ1v) is 5.77. The van der Waals surface area contributed by atoms with Crippen LogP contribution in [0.4, 0.5) is 5.69 Å². The Morgan fingerprint density at radius 3 is 2.16 bits per heavy atom. The number of nitrogens with one attached hydrogen (secondary N) is 1. The van der Waals surface area contributed by atoms with Gasteiger partial charge in [-0.05, 0) is 12.1 Å². The van der Waals surface area contributed by atoms with E-state index in [1.165, 1.54) is 0 Å². The minimum atomic E-state index is 0.109. The van der Waals surface area contributed by atoms with Crippen LogP contribution in [0.5, 0.6) is 0 Å². The average molecular weight is 250 g/mol. The first-order valence-electron chi connectivity index (χ1n) is 5.77. The van der Waals surface area contributed by atoms with Gasteiger partial charge in [0.05, 0.1) is 5.70 Å². The molecule has 0 radical (unpaired) electrons. The van der Waals surface area contributed by atoms with E-state index in [0.717, 1.165) is 11.1 Å². The molecule has 0 saturated carbocycles. The summed E-state index contributed by atoms with van der Waals surface area (Å²) in [6.45, 7) is 3.82. The molecular formula is C15H14N4. The Morgan fingerprint density at radius 1 is 0.895 bits per heavy atom. The van der Waals surface area contributed by atoms with Crippen molar-refractivity contribution >= 4 is 17.2 Å². The van der Waals surface area contributed by atoms with Gasteiger partial charge in [-0.2, -0.15) is 0 Å². The van der Waals surface area contributed by atoms with Gasteiger partial charge in [0.15, 0.2) is 5.84 Å². The molecule has 0 atom stereocenters. The highest BCUT2D eigenvalue weighted by atomic mass is 15.1. The minimum absolute atomic E-state index is 0.109. The lowest BCUT2D eigenvalue weighted by Gasteiger charge is -2.00.